The van der Waals surface area contributed by atoms with Crippen LogP contribution in [0.25, 0.3) is 5.82 Å². The Kier molecular flexibility index (Phi) is 16.4. The average Bonchev–Trinajstić information content (AvgIpc) is 3.77. The fraction of sp³-hybridized carbons (Fsp3) is 0.682. The van der Waals surface area contributed by atoms with Crippen molar-refractivity contribution >= 4 is 35.2 Å². The third kappa shape index (κ3) is 11.5. The van der Waals surface area contributed by atoms with Crippen molar-refractivity contribution in [3.63, 3.8) is 0 Å². The largest absolute Gasteiger partial charge is 0.457 e. The number of nitrogens with two attached hydrogens (primary N) is 1. The van der Waals surface area contributed by atoms with E-state index in [4.69, 9.17) is 39.0 Å². The fourth-order valence-corrected chi connectivity index (χ4v) is 9.16. The highest BCUT2D eigenvalue weighted by Crippen LogP contribution is 2.41. The average molecular weight is 884 g/mol. The van der Waals surface area contributed by atoms with E-state index in [1.54, 1.807) is 63.1 Å². The number of nitrogens with zero attached hydrogens (tertiary/aromatic N) is 6. The summed E-state index contributed by atoms with van der Waals surface area (Å²) in [5.41, 5.74) is 3.75. The Morgan fingerprint density at radius 2 is 1.83 bits per heavy atom. The number of aliphatic hydroxyl groups excluding tert-OH is 1. The minimum Gasteiger partial charge on any atom is -0.457 e. The second-order valence-corrected chi connectivity index (χ2v) is 17.7. The van der Waals surface area contributed by atoms with Crippen LogP contribution in [0.3, 0.4) is 0 Å². The molecule has 5 heterocycles. The van der Waals surface area contributed by atoms with Crippen molar-refractivity contribution in [1.82, 2.24) is 19.7 Å². The number of rotatable bonds is 9. The number of Topliss-reactive ketones (excluding diaryl/α,β-unsaturated/α-hetero) is 1. The lowest BCUT2D eigenvalue weighted by Gasteiger charge is -2.47. The first-order chi connectivity index (χ1) is 29.7. The van der Waals surface area contributed by atoms with Gasteiger partial charge in [-0.25, -0.2) is 19.5 Å². The van der Waals surface area contributed by atoms with E-state index in [1.165, 1.54) is 20.8 Å². The van der Waals surface area contributed by atoms with Crippen molar-refractivity contribution in [1.29, 1.82) is 0 Å². The van der Waals surface area contributed by atoms with Gasteiger partial charge < -0.3 is 49.0 Å². The van der Waals surface area contributed by atoms with Gasteiger partial charge in [-0.05, 0) is 79.1 Å². The molecule has 13 atom stereocenters. The predicted molar refractivity (Wildman–Crippen MR) is 229 cm³/mol. The van der Waals surface area contributed by atoms with Crippen molar-refractivity contribution in [2.24, 2.45) is 39.6 Å². The highest BCUT2D eigenvalue weighted by Gasteiger charge is 2.55. The standard InChI is InChI=1S/C44H65N7O12/c1-12-33-44(9,63-42(45)56)39-26(4)35(48-29(7)52)24(2)19-43(8,58-23-31(22-57-39)49-59-21-30-14-15-34(46-20-30)51-17-13-16-47-51)38(27(5)36(53)28(6)40(55)61-33)62-41-37(54)32(50(10)11)18-25(3)60-41/h13-17,20,24-28,32-33,37-39,41,54H,12,18-19,21-23H2,1-11H3,(H2,45,56)/b48-35?,49-31-/t24-,25-,26+,27+,28?,32+,33-,37-,38-,39+,41+,43-,44-/m1/s1. The van der Waals surface area contributed by atoms with Gasteiger partial charge in [0, 0.05) is 54.7 Å². The van der Waals surface area contributed by atoms with Crippen LogP contribution >= 0.6 is 0 Å². The predicted octanol–water partition coefficient (Wildman–Crippen LogP) is 3.81. The van der Waals surface area contributed by atoms with E-state index in [-0.39, 0.29) is 50.5 Å². The number of aliphatic hydroxyl groups is 1. The number of cyclic esters (lactones) is 1. The summed E-state index contributed by atoms with van der Waals surface area (Å²) in [7, 11) is 3.71. The van der Waals surface area contributed by atoms with Crippen LogP contribution in [0.5, 0.6) is 0 Å². The number of aliphatic imine (C=N–C) groups is 1. The molecule has 1 unspecified atom stereocenters. The summed E-state index contributed by atoms with van der Waals surface area (Å²) in [6.45, 7) is 14.4. The molecule has 3 fully saturated rings. The molecule has 0 spiro atoms. The smallest absolute Gasteiger partial charge is 0.405 e. The molecule has 19 nitrogen and oxygen atoms in total. The van der Waals surface area contributed by atoms with E-state index >= 15 is 0 Å². The monoisotopic (exact) mass is 883 g/mol. The Labute approximate surface area is 369 Å². The lowest BCUT2D eigenvalue weighted by Crippen LogP contribution is -2.61. The number of primary amides is 1. The number of esters is 1. The Morgan fingerprint density at radius 3 is 2.43 bits per heavy atom. The molecule has 2 aromatic heterocycles. The fourth-order valence-electron chi connectivity index (χ4n) is 9.16. The topological polar surface area (TPSA) is 238 Å². The molecule has 348 valence electrons. The van der Waals surface area contributed by atoms with Crippen molar-refractivity contribution in [3.05, 3.63) is 42.4 Å². The highest BCUT2D eigenvalue weighted by molar-refractivity contribution is 6.00. The van der Waals surface area contributed by atoms with Gasteiger partial charge in [-0.1, -0.05) is 38.9 Å². The Hall–Kier alpha value is -4.66. The lowest BCUT2D eigenvalue weighted by molar-refractivity contribution is -0.296. The van der Waals surface area contributed by atoms with Crippen molar-refractivity contribution in [2.45, 2.75) is 142 Å². The van der Waals surface area contributed by atoms with Gasteiger partial charge >= 0.3 is 12.1 Å². The van der Waals surface area contributed by atoms with Crippen molar-refractivity contribution in [3.8, 4) is 5.82 Å². The SMILES string of the molecule is CC[C@H]1OC(=O)C(C)C(=O)[C@H](C)[C@@H](O[C@@H]2O[C@H](C)C[C@H](N(C)C)[C@H]2O)[C@@]2(C)C[C@@H](C)C(=NC(C)=O)[C@H](C)[C@H](OC/C(=N/OCc3ccc(-n4cccn4)nc3)CO2)[C@]1(C)OC(N)=O. The van der Waals surface area contributed by atoms with E-state index in [1.807, 2.05) is 38.9 Å². The van der Waals surface area contributed by atoms with Crippen molar-refractivity contribution < 1.29 is 57.5 Å². The van der Waals surface area contributed by atoms with Crippen LogP contribution < -0.4 is 5.73 Å². The number of fused-ring (bicyclic) bond motifs is 5. The number of aromatic nitrogens is 3. The first-order valence-corrected chi connectivity index (χ1v) is 21.5. The molecule has 5 rings (SSSR count). The number of likely N-dealkylation sites (N-methyl/N-ethyl adjacent to an activating group) is 1. The lowest BCUT2D eigenvalue weighted by atomic mass is 9.73. The molecule has 19 heteroatoms. The van der Waals surface area contributed by atoms with Crippen LogP contribution in [0.2, 0.25) is 0 Å². The summed E-state index contributed by atoms with van der Waals surface area (Å²) < 4.78 is 40.3. The van der Waals surface area contributed by atoms with Gasteiger partial charge in [0.2, 0.25) is 5.91 Å². The van der Waals surface area contributed by atoms with Crippen LogP contribution in [0.15, 0.2) is 46.9 Å². The summed E-state index contributed by atoms with van der Waals surface area (Å²) >= 11 is 0. The van der Waals surface area contributed by atoms with E-state index < -0.39 is 89.3 Å². The van der Waals surface area contributed by atoms with Crippen LogP contribution in [-0.2, 0) is 54.2 Å². The molecule has 3 N–H and O–H groups in total. The third-order valence-electron chi connectivity index (χ3n) is 12.4. The first kappa shape index (κ1) is 49.4. The molecule has 2 amide bonds. The number of carbonyl (C=O) groups excluding carboxylic acids is 4. The minimum atomic E-state index is -1.81. The minimum absolute atomic E-state index is 0.00704. The van der Waals surface area contributed by atoms with Crippen LogP contribution in [-0.4, -0.2) is 141 Å². The molecule has 3 aliphatic rings. The van der Waals surface area contributed by atoms with Gasteiger partial charge in [0.15, 0.2) is 23.5 Å². The Bertz CT molecular complexity index is 1960. The van der Waals surface area contributed by atoms with E-state index in [2.05, 4.69) is 20.2 Å². The Morgan fingerprint density at radius 1 is 1.10 bits per heavy atom. The maximum atomic E-state index is 14.6. The second-order valence-electron chi connectivity index (χ2n) is 17.7. The zero-order chi connectivity index (χ0) is 46.4. The molecule has 2 aromatic rings. The Balaban J connectivity index is 1.68. The third-order valence-corrected chi connectivity index (χ3v) is 12.4. The summed E-state index contributed by atoms with van der Waals surface area (Å²) in [6.07, 6.45) is -1.67. The number of hydrogen-bond donors (Lipinski definition) is 2. The van der Waals surface area contributed by atoms with Crippen LogP contribution in [0.1, 0.15) is 87.1 Å². The number of pyridine rings is 1. The summed E-state index contributed by atoms with van der Waals surface area (Å²) in [6, 6.07) is 5.06. The number of ketones is 1. The number of hydrogen-bond acceptors (Lipinski definition) is 16. The number of ether oxygens (including phenoxy) is 6. The summed E-state index contributed by atoms with van der Waals surface area (Å²) in [5, 5.41) is 20.4. The molecule has 0 saturated carbocycles. The molecule has 3 aliphatic heterocycles. The van der Waals surface area contributed by atoms with Crippen LogP contribution in [0, 0.1) is 23.7 Å². The normalized spacial score (nSPS) is 36.2. The zero-order valence-electron chi connectivity index (χ0n) is 38.3. The quantitative estimate of drug-likeness (QED) is 0.207. The van der Waals surface area contributed by atoms with Gasteiger partial charge in [0.05, 0.1) is 31.0 Å². The van der Waals surface area contributed by atoms with Crippen molar-refractivity contribution in [2.75, 3.05) is 27.3 Å². The molecule has 63 heavy (non-hydrogen) atoms. The maximum Gasteiger partial charge on any atom is 0.405 e. The van der Waals surface area contributed by atoms with Gasteiger partial charge in [-0.15, -0.1) is 0 Å². The molecular weight excluding hydrogens is 819 g/mol. The first-order valence-electron chi connectivity index (χ1n) is 21.5. The van der Waals surface area contributed by atoms with Gasteiger partial charge in [0.25, 0.3) is 0 Å². The molecule has 0 radical (unpaired) electrons. The maximum absolute atomic E-state index is 14.6. The number of carbonyl (C=O) groups is 4. The number of oxime groups is 1. The molecule has 3 saturated heterocycles. The molecular formula is C44H65N7O12. The number of amides is 2. The zero-order valence-corrected chi connectivity index (χ0v) is 38.3. The second kappa shape index (κ2) is 20.9. The molecule has 0 aliphatic carbocycles. The van der Waals surface area contributed by atoms with Gasteiger partial charge in [0.1, 0.15) is 36.5 Å². The summed E-state index contributed by atoms with van der Waals surface area (Å²) in [4.78, 5) is 71.3. The van der Waals surface area contributed by atoms with Gasteiger partial charge in [-0.2, -0.15) is 5.10 Å². The van der Waals surface area contributed by atoms with E-state index in [9.17, 15) is 24.3 Å². The molecule has 2 bridgehead atoms. The van der Waals surface area contributed by atoms with Crippen LogP contribution in [0.4, 0.5) is 4.79 Å². The van der Waals surface area contributed by atoms with Gasteiger partial charge in [-0.3, -0.25) is 14.4 Å². The van der Waals surface area contributed by atoms with E-state index in [0.717, 1.165) is 0 Å². The molecule has 0 aromatic carbocycles. The highest BCUT2D eigenvalue weighted by atomic mass is 16.7. The summed E-state index contributed by atoms with van der Waals surface area (Å²) in [5.74, 6) is -5.15. The van der Waals surface area contributed by atoms with E-state index in [0.29, 0.717) is 23.5 Å².